The molecule has 2 saturated carbocycles. The van der Waals surface area contributed by atoms with Gasteiger partial charge < -0.3 is 10.3 Å². The molecule has 2 aliphatic rings. The summed E-state index contributed by atoms with van der Waals surface area (Å²) in [5.41, 5.74) is 6.01. The quantitative estimate of drug-likeness (QED) is 0.790. The molecule has 0 spiro atoms. The van der Waals surface area contributed by atoms with E-state index >= 15 is 0 Å². The molecule has 1 aromatic rings. The van der Waals surface area contributed by atoms with Crippen LogP contribution in [0.4, 0.5) is 0 Å². The Morgan fingerprint density at radius 3 is 2.80 bits per heavy atom. The molecule has 0 saturated heterocycles. The maximum Gasteiger partial charge on any atom is 0.228 e. The predicted octanol–water partition coefficient (Wildman–Crippen LogP) is 1.30. The number of nitrogens with zero attached hydrogens (tertiary/aromatic N) is 2. The van der Waals surface area contributed by atoms with Gasteiger partial charge in [-0.15, -0.1) is 0 Å². The normalized spacial score (nSPS) is 23.0. The Morgan fingerprint density at radius 2 is 2.13 bits per heavy atom. The molecule has 2 aliphatic carbocycles. The van der Waals surface area contributed by atoms with Crippen molar-refractivity contribution >= 4 is 0 Å². The van der Waals surface area contributed by atoms with Crippen molar-refractivity contribution in [2.45, 2.75) is 44.6 Å². The van der Waals surface area contributed by atoms with Crippen molar-refractivity contribution in [1.82, 2.24) is 10.1 Å². The molecule has 3 rings (SSSR count). The van der Waals surface area contributed by atoms with E-state index in [0.717, 1.165) is 30.5 Å². The Morgan fingerprint density at radius 1 is 1.33 bits per heavy atom. The molecule has 1 unspecified atom stereocenters. The highest BCUT2D eigenvalue weighted by Gasteiger charge is 2.30. The molecule has 1 aromatic heterocycles. The third-order valence-electron chi connectivity index (χ3n) is 3.32. The first kappa shape index (κ1) is 9.33. The van der Waals surface area contributed by atoms with Gasteiger partial charge in [-0.05, 0) is 37.5 Å². The minimum absolute atomic E-state index is 0.222. The van der Waals surface area contributed by atoms with Crippen molar-refractivity contribution in [1.29, 1.82) is 0 Å². The SMILES string of the molecule is NC(Cc1nc(CC2CC2)no1)C1CC1. The number of rotatable bonds is 5. The maximum atomic E-state index is 6.01. The summed E-state index contributed by atoms with van der Waals surface area (Å²) in [6.07, 6.45) is 6.93. The van der Waals surface area contributed by atoms with Crippen LogP contribution in [-0.2, 0) is 12.8 Å². The van der Waals surface area contributed by atoms with Crippen LogP contribution in [0.2, 0.25) is 0 Å². The van der Waals surface area contributed by atoms with Gasteiger partial charge in [-0.25, -0.2) is 0 Å². The van der Waals surface area contributed by atoms with Crippen molar-refractivity contribution in [3.8, 4) is 0 Å². The van der Waals surface area contributed by atoms with E-state index in [1.54, 1.807) is 0 Å². The number of hydrogen-bond donors (Lipinski definition) is 1. The lowest BCUT2D eigenvalue weighted by atomic mass is 10.1. The third-order valence-corrected chi connectivity index (χ3v) is 3.32. The zero-order valence-corrected chi connectivity index (χ0v) is 8.85. The molecular formula is C11H17N3O. The standard InChI is InChI=1S/C11H17N3O/c12-9(8-3-4-8)6-11-13-10(14-15-11)5-7-1-2-7/h7-9H,1-6,12H2. The largest absolute Gasteiger partial charge is 0.339 e. The lowest BCUT2D eigenvalue weighted by Crippen LogP contribution is -2.25. The van der Waals surface area contributed by atoms with E-state index in [0.29, 0.717) is 5.92 Å². The molecule has 0 amide bonds. The lowest BCUT2D eigenvalue weighted by molar-refractivity contribution is 0.358. The van der Waals surface area contributed by atoms with Crippen LogP contribution in [-0.4, -0.2) is 16.2 Å². The van der Waals surface area contributed by atoms with Gasteiger partial charge in [0.25, 0.3) is 0 Å². The van der Waals surface area contributed by atoms with Crippen molar-refractivity contribution in [2.75, 3.05) is 0 Å². The van der Waals surface area contributed by atoms with Crippen LogP contribution in [0, 0.1) is 11.8 Å². The van der Waals surface area contributed by atoms with Crippen molar-refractivity contribution in [3.05, 3.63) is 11.7 Å². The zero-order chi connectivity index (χ0) is 10.3. The van der Waals surface area contributed by atoms with Gasteiger partial charge in [-0.2, -0.15) is 4.98 Å². The lowest BCUT2D eigenvalue weighted by Gasteiger charge is -2.04. The van der Waals surface area contributed by atoms with Crippen LogP contribution in [0.25, 0.3) is 0 Å². The van der Waals surface area contributed by atoms with Gasteiger partial charge in [-0.3, -0.25) is 0 Å². The summed E-state index contributed by atoms with van der Waals surface area (Å²) in [6, 6.07) is 0.222. The van der Waals surface area contributed by atoms with Gasteiger partial charge in [0.15, 0.2) is 5.82 Å². The Balaban J connectivity index is 1.56. The van der Waals surface area contributed by atoms with Crippen molar-refractivity contribution in [3.63, 3.8) is 0 Å². The highest BCUT2D eigenvalue weighted by atomic mass is 16.5. The van der Waals surface area contributed by atoms with Crippen LogP contribution < -0.4 is 5.73 Å². The van der Waals surface area contributed by atoms with Crippen LogP contribution in [0.1, 0.15) is 37.4 Å². The fourth-order valence-corrected chi connectivity index (χ4v) is 1.93. The highest BCUT2D eigenvalue weighted by molar-refractivity contribution is 4.96. The molecule has 1 atom stereocenters. The first-order valence-electron chi connectivity index (χ1n) is 5.88. The molecule has 82 valence electrons. The van der Waals surface area contributed by atoms with Gasteiger partial charge in [0.05, 0.1) is 0 Å². The monoisotopic (exact) mass is 207 g/mol. The zero-order valence-electron chi connectivity index (χ0n) is 8.85. The van der Waals surface area contributed by atoms with Crippen LogP contribution in [0.3, 0.4) is 0 Å². The Labute approximate surface area is 89.2 Å². The molecular weight excluding hydrogens is 190 g/mol. The average molecular weight is 207 g/mol. The third kappa shape index (κ3) is 2.37. The molecule has 2 N–H and O–H groups in total. The topological polar surface area (TPSA) is 64.9 Å². The fourth-order valence-electron chi connectivity index (χ4n) is 1.93. The summed E-state index contributed by atoms with van der Waals surface area (Å²) in [5, 5.41) is 3.99. The summed E-state index contributed by atoms with van der Waals surface area (Å²) in [4.78, 5) is 4.38. The van der Waals surface area contributed by atoms with E-state index in [4.69, 9.17) is 10.3 Å². The van der Waals surface area contributed by atoms with Gasteiger partial charge in [0, 0.05) is 18.9 Å². The molecule has 0 radical (unpaired) electrons. The smallest absolute Gasteiger partial charge is 0.228 e. The first-order valence-corrected chi connectivity index (χ1v) is 5.88. The minimum Gasteiger partial charge on any atom is -0.339 e. The molecule has 0 aromatic carbocycles. The number of hydrogen-bond acceptors (Lipinski definition) is 4. The molecule has 0 bridgehead atoms. The van der Waals surface area contributed by atoms with Crippen LogP contribution in [0.15, 0.2) is 4.52 Å². The Kier molecular flexibility index (Phi) is 2.24. The molecule has 4 nitrogen and oxygen atoms in total. The first-order chi connectivity index (χ1) is 7.31. The maximum absolute atomic E-state index is 6.01. The summed E-state index contributed by atoms with van der Waals surface area (Å²) in [7, 11) is 0. The summed E-state index contributed by atoms with van der Waals surface area (Å²) >= 11 is 0. The van der Waals surface area contributed by atoms with Gasteiger partial charge in [-0.1, -0.05) is 5.16 Å². The Hall–Kier alpha value is -0.900. The second kappa shape index (κ2) is 3.59. The minimum atomic E-state index is 0.222. The fraction of sp³-hybridized carbons (Fsp3) is 0.818. The number of aromatic nitrogens is 2. The molecule has 15 heavy (non-hydrogen) atoms. The number of nitrogens with two attached hydrogens (primary N) is 1. The van der Waals surface area contributed by atoms with Crippen LogP contribution >= 0.6 is 0 Å². The highest BCUT2D eigenvalue weighted by Crippen LogP contribution is 2.33. The summed E-state index contributed by atoms with van der Waals surface area (Å²) in [5.74, 6) is 3.11. The van der Waals surface area contributed by atoms with Crippen molar-refractivity contribution < 1.29 is 4.52 Å². The molecule has 1 heterocycles. The summed E-state index contributed by atoms with van der Waals surface area (Å²) in [6.45, 7) is 0. The van der Waals surface area contributed by atoms with Crippen molar-refractivity contribution in [2.24, 2.45) is 17.6 Å². The van der Waals surface area contributed by atoms with E-state index in [2.05, 4.69) is 10.1 Å². The van der Waals surface area contributed by atoms with Crippen LogP contribution in [0.5, 0.6) is 0 Å². The predicted molar refractivity (Wildman–Crippen MR) is 55.1 cm³/mol. The molecule has 0 aliphatic heterocycles. The van der Waals surface area contributed by atoms with E-state index in [-0.39, 0.29) is 6.04 Å². The van der Waals surface area contributed by atoms with Gasteiger partial charge >= 0.3 is 0 Å². The molecule has 4 heteroatoms. The second-order valence-electron chi connectivity index (χ2n) is 4.96. The van der Waals surface area contributed by atoms with E-state index in [1.807, 2.05) is 0 Å². The Bertz CT molecular complexity index is 341. The average Bonchev–Trinajstić information content (AvgIpc) is 3.08. The van der Waals surface area contributed by atoms with E-state index < -0.39 is 0 Å². The van der Waals surface area contributed by atoms with Gasteiger partial charge in [0.2, 0.25) is 5.89 Å². The summed E-state index contributed by atoms with van der Waals surface area (Å²) < 4.78 is 5.20. The van der Waals surface area contributed by atoms with E-state index in [1.165, 1.54) is 25.7 Å². The second-order valence-corrected chi connectivity index (χ2v) is 4.96. The van der Waals surface area contributed by atoms with E-state index in [9.17, 15) is 0 Å². The van der Waals surface area contributed by atoms with Gasteiger partial charge in [0.1, 0.15) is 0 Å². The molecule has 2 fully saturated rings.